The number of carbonyl (C=O) groups is 1. The number of esters is 1. The number of benzene rings is 1. The Morgan fingerprint density at radius 3 is 2.67 bits per heavy atom. The molecule has 142 valence electrons. The first-order chi connectivity index (χ1) is 12.9. The topological polar surface area (TPSA) is 99.7 Å². The number of ether oxygens (including phenoxy) is 4. The van der Waals surface area contributed by atoms with E-state index in [2.05, 4.69) is 10.2 Å². The van der Waals surface area contributed by atoms with Gasteiger partial charge >= 0.3 is 5.97 Å². The van der Waals surface area contributed by atoms with Crippen LogP contribution < -0.4 is 15.0 Å². The fraction of sp³-hybridized carbons (Fsp3) is 0.316. The maximum absolute atomic E-state index is 11.9. The summed E-state index contributed by atoms with van der Waals surface area (Å²) in [6.07, 6.45) is 0. The van der Waals surface area contributed by atoms with E-state index < -0.39 is 11.6 Å². The van der Waals surface area contributed by atoms with Crippen LogP contribution in [0.2, 0.25) is 0 Å². The summed E-state index contributed by atoms with van der Waals surface area (Å²) in [5, 5.41) is 6.22. The summed E-state index contributed by atoms with van der Waals surface area (Å²) in [6.45, 7) is 4.03. The number of aromatic amines is 1. The van der Waals surface area contributed by atoms with Crippen LogP contribution in [0.15, 0.2) is 40.7 Å². The zero-order valence-electron chi connectivity index (χ0n) is 15.5. The lowest BCUT2D eigenvalue weighted by Crippen LogP contribution is -2.42. The molecule has 0 fully saturated rings. The smallest absolute Gasteiger partial charge is 0.337 e. The van der Waals surface area contributed by atoms with E-state index >= 15 is 0 Å². The van der Waals surface area contributed by atoms with Gasteiger partial charge in [-0.1, -0.05) is 0 Å². The molecule has 0 aliphatic carbocycles. The van der Waals surface area contributed by atoms with Crippen molar-refractivity contribution >= 4 is 11.7 Å². The van der Waals surface area contributed by atoms with E-state index in [0.717, 1.165) is 5.57 Å². The number of methoxy groups -OCH3 is 2. The molecule has 1 aromatic heterocycles. The summed E-state index contributed by atoms with van der Waals surface area (Å²) in [5.41, 5.74) is 0.589. The molecular formula is C19H20N2O6. The summed E-state index contributed by atoms with van der Waals surface area (Å²) < 4.78 is 22.2. The van der Waals surface area contributed by atoms with E-state index in [9.17, 15) is 9.59 Å². The summed E-state index contributed by atoms with van der Waals surface area (Å²) in [5.74, 6) is 0.746. The number of H-pyrrole nitrogens is 1. The summed E-state index contributed by atoms with van der Waals surface area (Å²) in [7, 11) is 2.90. The molecule has 8 heteroatoms. The number of carbonyl (C=O) groups excluding carboxylic acids is 1. The van der Waals surface area contributed by atoms with E-state index in [1.165, 1.54) is 19.2 Å². The monoisotopic (exact) mass is 372 g/mol. The second-order valence-corrected chi connectivity index (χ2v) is 6.28. The fourth-order valence-electron chi connectivity index (χ4n) is 2.84. The van der Waals surface area contributed by atoms with Crippen molar-refractivity contribution < 1.29 is 23.7 Å². The maximum Gasteiger partial charge on any atom is 0.337 e. The number of nitrogens with one attached hydrogen (secondary N) is 1. The zero-order valence-corrected chi connectivity index (χ0v) is 15.5. The van der Waals surface area contributed by atoms with Crippen LogP contribution in [-0.4, -0.2) is 42.6 Å². The molecule has 27 heavy (non-hydrogen) atoms. The van der Waals surface area contributed by atoms with Gasteiger partial charge in [-0.25, -0.2) is 9.89 Å². The van der Waals surface area contributed by atoms with Crippen LogP contribution in [0.1, 0.15) is 29.8 Å². The quantitative estimate of drug-likeness (QED) is 0.803. The number of rotatable bonds is 5. The second-order valence-electron chi connectivity index (χ2n) is 6.28. The largest absolute Gasteiger partial charge is 0.480 e. The molecule has 0 amide bonds. The minimum absolute atomic E-state index is 0.208. The predicted molar refractivity (Wildman–Crippen MR) is 96.8 cm³/mol. The summed E-state index contributed by atoms with van der Waals surface area (Å²) in [6, 6.07) is 7.72. The third kappa shape index (κ3) is 3.56. The van der Waals surface area contributed by atoms with Crippen molar-refractivity contribution in [2.45, 2.75) is 19.4 Å². The highest BCUT2D eigenvalue weighted by atomic mass is 16.5. The number of aromatic nitrogens is 2. The van der Waals surface area contributed by atoms with Gasteiger partial charge in [-0.2, -0.15) is 0 Å². The third-order valence-corrected chi connectivity index (χ3v) is 4.39. The van der Waals surface area contributed by atoms with Gasteiger partial charge in [-0.15, -0.1) is 5.10 Å². The average Bonchev–Trinajstić information content (AvgIpc) is 2.66. The Hall–Kier alpha value is -3.13. The molecule has 1 unspecified atom stereocenters. The molecule has 1 atom stereocenters. The van der Waals surface area contributed by atoms with E-state index in [-0.39, 0.29) is 11.4 Å². The van der Waals surface area contributed by atoms with Crippen molar-refractivity contribution in [2.75, 3.05) is 20.8 Å². The fourth-order valence-corrected chi connectivity index (χ4v) is 2.84. The van der Waals surface area contributed by atoms with Crippen LogP contribution in [0, 0.1) is 0 Å². The second kappa shape index (κ2) is 7.24. The molecule has 0 spiro atoms. The molecular weight excluding hydrogens is 352 g/mol. The normalized spacial score (nSPS) is 18.5. The number of hydrogen-bond donors (Lipinski definition) is 1. The van der Waals surface area contributed by atoms with Crippen molar-refractivity contribution in [1.82, 2.24) is 10.2 Å². The molecule has 0 bridgehead atoms. The van der Waals surface area contributed by atoms with Gasteiger partial charge < -0.3 is 18.9 Å². The number of hydrogen-bond acceptors (Lipinski definition) is 7. The minimum atomic E-state index is -0.772. The van der Waals surface area contributed by atoms with E-state index in [0.29, 0.717) is 29.2 Å². The van der Waals surface area contributed by atoms with Crippen LogP contribution >= 0.6 is 0 Å². The van der Waals surface area contributed by atoms with Crippen LogP contribution in [0.4, 0.5) is 0 Å². The molecule has 3 rings (SSSR count). The van der Waals surface area contributed by atoms with Gasteiger partial charge in [-0.05, 0) is 32.0 Å². The highest BCUT2D eigenvalue weighted by Crippen LogP contribution is 2.42. The molecule has 0 saturated heterocycles. The van der Waals surface area contributed by atoms with Crippen molar-refractivity contribution in [3.05, 3.63) is 57.4 Å². The Balaban J connectivity index is 2.13. The van der Waals surface area contributed by atoms with Crippen molar-refractivity contribution in [3.63, 3.8) is 0 Å². The number of fused-ring (bicyclic) bond motifs is 1. The first-order valence-electron chi connectivity index (χ1n) is 8.23. The van der Waals surface area contributed by atoms with Gasteiger partial charge in [0.1, 0.15) is 11.5 Å². The van der Waals surface area contributed by atoms with Gasteiger partial charge in [0.15, 0.2) is 5.60 Å². The van der Waals surface area contributed by atoms with E-state index in [1.54, 1.807) is 25.3 Å². The Labute approximate surface area is 155 Å². The van der Waals surface area contributed by atoms with Crippen molar-refractivity contribution in [3.8, 4) is 11.6 Å². The van der Waals surface area contributed by atoms with Crippen LogP contribution in [0.5, 0.6) is 11.6 Å². The summed E-state index contributed by atoms with van der Waals surface area (Å²) in [4.78, 5) is 23.2. The molecule has 1 N–H and O–H groups in total. The Morgan fingerprint density at radius 1 is 1.26 bits per heavy atom. The van der Waals surface area contributed by atoms with Crippen LogP contribution in [-0.2, 0) is 9.47 Å². The first-order valence-corrected chi connectivity index (χ1v) is 8.23. The molecule has 1 aliphatic rings. The van der Waals surface area contributed by atoms with Gasteiger partial charge in [-0.3, -0.25) is 4.79 Å². The van der Waals surface area contributed by atoms with Crippen molar-refractivity contribution in [2.24, 2.45) is 0 Å². The van der Waals surface area contributed by atoms with Gasteiger partial charge in [0.05, 0.1) is 24.8 Å². The zero-order chi connectivity index (χ0) is 19.6. The molecule has 0 saturated carbocycles. The number of nitrogens with zero attached hydrogens (tertiary/aromatic N) is 1. The molecule has 2 aromatic rings. The van der Waals surface area contributed by atoms with Gasteiger partial charge in [0, 0.05) is 24.8 Å². The Kier molecular flexibility index (Phi) is 5.00. The maximum atomic E-state index is 11.9. The minimum Gasteiger partial charge on any atom is -0.480 e. The molecule has 8 nitrogen and oxygen atoms in total. The summed E-state index contributed by atoms with van der Waals surface area (Å²) >= 11 is 0. The molecule has 2 heterocycles. The van der Waals surface area contributed by atoms with E-state index in [4.69, 9.17) is 18.9 Å². The highest BCUT2D eigenvalue weighted by molar-refractivity contribution is 5.91. The van der Waals surface area contributed by atoms with Crippen LogP contribution in [0.25, 0.3) is 5.76 Å². The Morgan fingerprint density at radius 2 is 2.04 bits per heavy atom. The molecule has 1 aromatic carbocycles. The molecule has 0 radical (unpaired) electrons. The van der Waals surface area contributed by atoms with Gasteiger partial charge in [0.2, 0.25) is 5.88 Å². The Bertz CT molecular complexity index is 944. The highest BCUT2D eigenvalue weighted by Gasteiger charge is 2.38. The predicted octanol–water partition coefficient (Wildman–Crippen LogP) is 2.16. The molecule has 1 aliphatic heterocycles. The average molecular weight is 372 g/mol. The van der Waals surface area contributed by atoms with Crippen LogP contribution in [0.3, 0.4) is 0 Å². The lowest BCUT2D eigenvalue weighted by Gasteiger charge is -2.37. The SMILES string of the molecule is COCC1(C)Oc2ccc(C(=O)OC)cc2C(Oc2ccc(=O)[nH]n2)=C1C. The first kappa shape index (κ1) is 18.7. The van der Waals surface area contributed by atoms with E-state index in [1.807, 2.05) is 13.8 Å². The lowest BCUT2D eigenvalue weighted by molar-refractivity contribution is 0.0269. The van der Waals surface area contributed by atoms with Gasteiger partial charge in [0.25, 0.3) is 5.56 Å². The van der Waals surface area contributed by atoms with Crippen molar-refractivity contribution in [1.29, 1.82) is 0 Å². The standard InChI is InChI=1S/C19H20N2O6/c1-11-17(26-16-8-7-15(22)20-21-16)13-9-12(18(23)25-4)5-6-14(13)27-19(11,2)10-24-3/h5-9H,10H2,1-4H3,(H,20,22). The lowest BCUT2D eigenvalue weighted by atomic mass is 9.90. The third-order valence-electron chi connectivity index (χ3n) is 4.39.